The largest absolute Gasteiger partial charge is 1.00 e. The van der Waals surface area contributed by atoms with Gasteiger partial charge in [0.2, 0.25) is 0 Å². The molecule has 2 aromatic heterocycles. The van der Waals surface area contributed by atoms with Gasteiger partial charge in [0.05, 0.1) is 12.5 Å². The van der Waals surface area contributed by atoms with Crippen molar-refractivity contribution < 1.29 is 29.6 Å². The fraction of sp³-hybridized carbons (Fsp3) is 0. The van der Waals surface area contributed by atoms with E-state index in [0.29, 0.717) is 11.0 Å². The molecule has 0 aliphatic carbocycles. The average Bonchev–Trinajstić information content (AvgIpc) is 2.36. The zero-order chi connectivity index (χ0) is 6.97. The fourth-order valence-electron chi connectivity index (χ4n) is 0.777. The molecule has 0 radical (unpaired) electrons. The maximum Gasteiger partial charge on any atom is 1.00 e. The van der Waals surface area contributed by atoms with E-state index in [1.54, 1.807) is 0 Å². The summed E-state index contributed by atoms with van der Waals surface area (Å²) in [4.78, 5) is 17.1. The second kappa shape index (κ2) is 3.17. The van der Waals surface area contributed by atoms with Crippen molar-refractivity contribution in [2.75, 3.05) is 0 Å². The van der Waals surface area contributed by atoms with Gasteiger partial charge in [-0.2, -0.15) is 5.10 Å². The van der Waals surface area contributed by atoms with Gasteiger partial charge in [-0.1, -0.05) is 0 Å². The maximum absolute atomic E-state index is 10.9. The zero-order valence-corrected chi connectivity index (χ0v) is 7.96. The fourth-order valence-corrected chi connectivity index (χ4v) is 0.777. The van der Waals surface area contributed by atoms with Crippen molar-refractivity contribution >= 4 is 11.0 Å². The molecule has 0 bridgehead atoms. The molecule has 6 heteroatoms. The van der Waals surface area contributed by atoms with Crippen LogP contribution in [-0.4, -0.2) is 20.2 Å². The zero-order valence-electron chi connectivity index (χ0n) is 5.96. The van der Waals surface area contributed by atoms with E-state index >= 15 is 0 Å². The Bertz CT molecular complexity index is 406. The number of fused-ring (bicyclic) bond motifs is 1. The average molecular weight is 159 g/mol. The number of nitrogens with zero attached hydrogens (tertiary/aromatic N) is 2. The summed E-state index contributed by atoms with van der Waals surface area (Å²) in [7, 11) is 0. The van der Waals surface area contributed by atoms with Crippen LogP contribution in [0, 0.1) is 0 Å². The predicted molar refractivity (Wildman–Crippen MR) is 34.5 cm³/mol. The van der Waals surface area contributed by atoms with Crippen LogP contribution in [0.25, 0.3) is 11.0 Å². The minimum absolute atomic E-state index is 0. The smallest absolute Gasteiger partial charge is 0.312 e. The molecule has 2 N–H and O–H groups in total. The van der Waals surface area contributed by atoms with Crippen LogP contribution in [-0.2, 0) is 0 Å². The van der Waals surface area contributed by atoms with Crippen LogP contribution in [0.1, 0.15) is 0 Å². The van der Waals surface area contributed by atoms with E-state index in [-0.39, 0.29) is 35.1 Å². The van der Waals surface area contributed by atoms with Gasteiger partial charge in [0, 0.05) is 0 Å². The van der Waals surface area contributed by atoms with Crippen LogP contribution in [0.2, 0.25) is 0 Å². The van der Waals surface area contributed by atoms with Gasteiger partial charge in [-0.05, 0) is 0 Å². The molecule has 0 unspecified atom stereocenters. The Morgan fingerprint density at radius 3 is 3.00 bits per heavy atom. The number of nitrogens with one attached hydrogen (secondary N) is 2. The molecule has 5 nitrogen and oxygen atoms in total. The van der Waals surface area contributed by atoms with Gasteiger partial charge in [0.15, 0.2) is 5.65 Å². The number of aromatic nitrogens is 4. The Balaban J connectivity index is 0.000000605. The summed E-state index contributed by atoms with van der Waals surface area (Å²) in [5.74, 6) is 0. The van der Waals surface area contributed by atoms with Crippen molar-refractivity contribution in [3.05, 3.63) is 22.9 Å². The molecule has 0 aliphatic heterocycles. The third-order valence-electron chi connectivity index (χ3n) is 1.25. The molecule has 0 amide bonds. The first kappa shape index (κ1) is 8.45. The van der Waals surface area contributed by atoms with Gasteiger partial charge in [-0.3, -0.25) is 9.89 Å². The molecule has 2 aromatic rings. The van der Waals surface area contributed by atoms with Crippen molar-refractivity contribution in [1.82, 2.24) is 20.2 Å². The summed E-state index contributed by atoms with van der Waals surface area (Å²) in [5, 5.41) is 6.72. The summed E-state index contributed by atoms with van der Waals surface area (Å²) >= 11 is 0. The SMILES string of the molecule is O=c1[nH]cnc2[nH]ncc12.[Na+]. The monoisotopic (exact) mass is 159 g/mol. The molecule has 0 saturated carbocycles. The van der Waals surface area contributed by atoms with E-state index in [1.807, 2.05) is 0 Å². The number of hydrogen-bond donors (Lipinski definition) is 2. The first-order chi connectivity index (χ1) is 4.88. The molecule has 50 valence electrons. The minimum Gasteiger partial charge on any atom is -0.312 e. The second-order valence-corrected chi connectivity index (χ2v) is 1.86. The van der Waals surface area contributed by atoms with E-state index in [1.165, 1.54) is 12.5 Å². The van der Waals surface area contributed by atoms with E-state index in [2.05, 4.69) is 20.2 Å². The van der Waals surface area contributed by atoms with Crippen molar-refractivity contribution in [3.8, 4) is 0 Å². The molecule has 2 heterocycles. The summed E-state index contributed by atoms with van der Waals surface area (Å²) in [6, 6.07) is 0. The Labute approximate surface area is 83.5 Å². The molecule has 0 fully saturated rings. The Morgan fingerprint density at radius 2 is 2.27 bits per heavy atom. The molecule has 0 spiro atoms. The van der Waals surface area contributed by atoms with Crippen LogP contribution in [0.4, 0.5) is 0 Å². The minimum atomic E-state index is -0.168. The Morgan fingerprint density at radius 1 is 1.45 bits per heavy atom. The topological polar surface area (TPSA) is 74.4 Å². The number of rotatable bonds is 0. The first-order valence-corrected chi connectivity index (χ1v) is 2.75. The van der Waals surface area contributed by atoms with Crippen molar-refractivity contribution in [3.63, 3.8) is 0 Å². The summed E-state index contributed by atoms with van der Waals surface area (Å²) in [6.07, 6.45) is 2.78. The summed E-state index contributed by atoms with van der Waals surface area (Å²) in [5.41, 5.74) is 0.350. The van der Waals surface area contributed by atoms with Crippen LogP contribution >= 0.6 is 0 Å². The molecule has 0 aliphatic rings. The quantitative estimate of drug-likeness (QED) is 0.394. The molecule has 11 heavy (non-hydrogen) atoms. The van der Waals surface area contributed by atoms with Crippen LogP contribution in [0.15, 0.2) is 17.3 Å². The van der Waals surface area contributed by atoms with Crippen molar-refractivity contribution in [2.45, 2.75) is 0 Å². The number of aromatic amines is 2. The van der Waals surface area contributed by atoms with E-state index in [9.17, 15) is 4.79 Å². The number of H-pyrrole nitrogens is 2. The van der Waals surface area contributed by atoms with Gasteiger partial charge in [-0.15, -0.1) is 0 Å². The molecule has 0 aromatic carbocycles. The van der Waals surface area contributed by atoms with Gasteiger partial charge < -0.3 is 4.98 Å². The molecule has 0 atom stereocenters. The third kappa shape index (κ3) is 1.35. The van der Waals surface area contributed by atoms with Gasteiger partial charge in [-0.25, -0.2) is 4.98 Å². The molecule has 0 saturated heterocycles. The normalized spacial score (nSPS) is 9.45. The standard InChI is InChI=1S/C5H4N4O.Na/c10-5-3-1-8-9-4(3)6-2-7-5;/h1-2H,(H2,6,7,8,9,10);/q;+1. The maximum atomic E-state index is 10.9. The second-order valence-electron chi connectivity index (χ2n) is 1.86. The molecule has 2 rings (SSSR count). The van der Waals surface area contributed by atoms with E-state index < -0.39 is 0 Å². The summed E-state index contributed by atoms with van der Waals surface area (Å²) in [6.45, 7) is 0. The van der Waals surface area contributed by atoms with Crippen LogP contribution < -0.4 is 35.1 Å². The molecular formula is C5H4N4NaO+. The van der Waals surface area contributed by atoms with Gasteiger partial charge in [0.1, 0.15) is 5.39 Å². The molecular weight excluding hydrogens is 155 g/mol. The van der Waals surface area contributed by atoms with Crippen molar-refractivity contribution in [2.24, 2.45) is 0 Å². The van der Waals surface area contributed by atoms with Crippen molar-refractivity contribution in [1.29, 1.82) is 0 Å². The Kier molecular flexibility index (Phi) is 2.43. The van der Waals surface area contributed by atoms with Gasteiger partial charge in [0.25, 0.3) is 5.56 Å². The van der Waals surface area contributed by atoms with Crippen LogP contribution in [0.3, 0.4) is 0 Å². The van der Waals surface area contributed by atoms with E-state index in [0.717, 1.165) is 0 Å². The predicted octanol–water partition coefficient (Wildman–Crippen LogP) is -3.35. The first-order valence-electron chi connectivity index (χ1n) is 2.75. The number of hydrogen-bond acceptors (Lipinski definition) is 3. The van der Waals surface area contributed by atoms with Crippen LogP contribution in [0.5, 0.6) is 0 Å². The van der Waals surface area contributed by atoms with E-state index in [4.69, 9.17) is 0 Å². The van der Waals surface area contributed by atoms with Gasteiger partial charge >= 0.3 is 29.6 Å². The third-order valence-corrected chi connectivity index (χ3v) is 1.25. The summed E-state index contributed by atoms with van der Waals surface area (Å²) < 4.78 is 0. The Hall–Kier alpha value is -0.650.